The molecule has 3 nitrogen and oxygen atoms in total. The van der Waals surface area contributed by atoms with Gasteiger partial charge in [-0.25, -0.2) is 0 Å². The van der Waals surface area contributed by atoms with Gasteiger partial charge in [0, 0.05) is 5.56 Å². The second-order valence-corrected chi connectivity index (χ2v) is 4.02. The number of hydrogen-bond acceptors (Lipinski definition) is 2. The first kappa shape index (κ1) is 12.9. The number of benzene rings is 2. The van der Waals surface area contributed by atoms with E-state index in [9.17, 15) is 4.79 Å². The highest BCUT2D eigenvalue weighted by atomic mass is 16.5. The monoisotopic (exact) mass is 253 g/mol. The summed E-state index contributed by atoms with van der Waals surface area (Å²) < 4.78 is 5.52. The summed E-state index contributed by atoms with van der Waals surface area (Å²) in [4.78, 5) is 11.0. The van der Waals surface area contributed by atoms with Crippen LogP contribution in [0.5, 0.6) is 5.75 Å². The van der Waals surface area contributed by atoms with Crippen molar-refractivity contribution in [2.24, 2.45) is 5.73 Å². The van der Waals surface area contributed by atoms with E-state index in [-0.39, 0.29) is 0 Å². The Morgan fingerprint density at radius 3 is 2.63 bits per heavy atom. The van der Waals surface area contributed by atoms with Crippen LogP contribution in [-0.2, 0) is 0 Å². The van der Waals surface area contributed by atoms with E-state index in [0.717, 1.165) is 5.56 Å². The maximum absolute atomic E-state index is 11.0. The van der Waals surface area contributed by atoms with E-state index < -0.39 is 5.91 Å². The average Bonchev–Trinajstić information content (AvgIpc) is 2.45. The van der Waals surface area contributed by atoms with Crippen molar-refractivity contribution >= 4 is 12.0 Å². The third-order valence-corrected chi connectivity index (χ3v) is 2.57. The molecule has 19 heavy (non-hydrogen) atoms. The van der Waals surface area contributed by atoms with Gasteiger partial charge in [-0.15, -0.1) is 0 Å². The molecule has 2 aromatic carbocycles. The van der Waals surface area contributed by atoms with Gasteiger partial charge >= 0.3 is 0 Å². The quantitative estimate of drug-likeness (QED) is 0.890. The molecule has 0 aliphatic carbocycles. The molecule has 0 aliphatic rings. The number of rotatable bonds is 5. The van der Waals surface area contributed by atoms with Gasteiger partial charge < -0.3 is 10.5 Å². The number of carbonyl (C=O) groups is 1. The fourth-order valence-corrected chi connectivity index (χ4v) is 1.63. The summed E-state index contributed by atoms with van der Waals surface area (Å²) in [6, 6.07) is 16.8. The van der Waals surface area contributed by atoms with E-state index in [1.54, 1.807) is 24.3 Å². The van der Waals surface area contributed by atoms with Crippen molar-refractivity contribution in [2.45, 2.75) is 0 Å². The summed E-state index contributed by atoms with van der Waals surface area (Å²) >= 11 is 0. The van der Waals surface area contributed by atoms with Gasteiger partial charge in [0.05, 0.1) is 0 Å². The molecule has 0 saturated heterocycles. The summed E-state index contributed by atoms with van der Waals surface area (Å²) in [6.45, 7) is 0.442. The highest BCUT2D eigenvalue weighted by molar-refractivity contribution is 5.93. The molecular formula is C16H15NO2. The Morgan fingerprint density at radius 2 is 1.89 bits per heavy atom. The molecule has 0 atom stereocenters. The minimum absolute atomic E-state index is 0.442. The zero-order valence-electron chi connectivity index (χ0n) is 10.5. The van der Waals surface area contributed by atoms with Gasteiger partial charge in [0.2, 0.25) is 5.91 Å². The Labute approximate surface area is 112 Å². The van der Waals surface area contributed by atoms with Crippen LogP contribution in [0.4, 0.5) is 0 Å². The lowest BCUT2D eigenvalue weighted by molar-refractivity contribution is 0.1000. The number of ether oxygens (including phenoxy) is 1. The molecule has 0 unspecified atom stereocenters. The Kier molecular flexibility index (Phi) is 4.34. The van der Waals surface area contributed by atoms with E-state index >= 15 is 0 Å². The van der Waals surface area contributed by atoms with Gasteiger partial charge in [-0.3, -0.25) is 4.79 Å². The predicted octanol–water partition coefficient (Wildman–Crippen LogP) is 2.88. The number of hydrogen-bond donors (Lipinski definition) is 1. The van der Waals surface area contributed by atoms with E-state index in [4.69, 9.17) is 10.5 Å². The topological polar surface area (TPSA) is 52.3 Å². The number of nitrogens with two attached hydrogens (primary N) is 1. The molecule has 2 N–H and O–H groups in total. The molecule has 96 valence electrons. The molecule has 3 heteroatoms. The third-order valence-electron chi connectivity index (χ3n) is 2.57. The lowest BCUT2D eigenvalue weighted by atomic mass is 10.2. The third kappa shape index (κ3) is 4.00. The molecule has 2 rings (SSSR count). The van der Waals surface area contributed by atoms with Gasteiger partial charge in [-0.05, 0) is 29.8 Å². The first-order valence-corrected chi connectivity index (χ1v) is 6.00. The highest BCUT2D eigenvalue weighted by Crippen LogP contribution is 2.13. The van der Waals surface area contributed by atoms with Crippen molar-refractivity contribution in [3.63, 3.8) is 0 Å². The lowest BCUT2D eigenvalue weighted by Gasteiger charge is -2.04. The fraction of sp³-hybridized carbons (Fsp3) is 0.0625. The maximum Gasteiger partial charge on any atom is 0.248 e. The van der Waals surface area contributed by atoms with Crippen LogP contribution in [0.3, 0.4) is 0 Å². The minimum atomic E-state index is -0.453. The van der Waals surface area contributed by atoms with Crippen LogP contribution in [0.25, 0.3) is 6.08 Å². The van der Waals surface area contributed by atoms with Crippen LogP contribution < -0.4 is 10.5 Å². The van der Waals surface area contributed by atoms with Crippen LogP contribution >= 0.6 is 0 Å². The molecule has 0 aliphatic heterocycles. The summed E-state index contributed by atoms with van der Waals surface area (Å²) in [5.74, 6) is 0.180. The van der Waals surface area contributed by atoms with E-state index in [0.29, 0.717) is 17.9 Å². The van der Waals surface area contributed by atoms with Crippen molar-refractivity contribution in [1.82, 2.24) is 0 Å². The minimum Gasteiger partial charge on any atom is -0.490 e. The zero-order valence-corrected chi connectivity index (χ0v) is 10.5. The van der Waals surface area contributed by atoms with Crippen LogP contribution in [0, 0.1) is 0 Å². The molecule has 0 aromatic heterocycles. The normalized spacial score (nSPS) is 10.5. The Hall–Kier alpha value is -2.55. The molecule has 0 bridgehead atoms. The highest BCUT2D eigenvalue weighted by Gasteiger charge is 2.00. The fourth-order valence-electron chi connectivity index (χ4n) is 1.63. The number of amides is 1. The molecular weight excluding hydrogens is 238 g/mol. The van der Waals surface area contributed by atoms with Crippen LogP contribution in [-0.4, -0.2) is 12.5 Å². The van der Waals surface area contributed by atoms with E-state index in [1.807, 2.05) is 42.5 Å². The first-order chi connectivity index (χ1) is 9.25. The summed E-state index contributed by atoms with van der Waals surface area (Å²) in [5.41, 5.74) is 6.78. The second-order valence-electron chi connectivity index (χ2n) is 4.02. The average molecular weight is 253 g/mol. The molecule has 0 heterocycles. The van der Waals surface area contributed by atoms with Crippen LogP contribution in [0.1, 0.15) is 15.9 Å². The zero-order chi connectivity index (χ0) is 13.5. The van der Waals surface area contributed by atoms with Crippen molar-refractivity contribution < 1.29 is 9.53 Å². The molecule has 1 amide bonds. The molecule has 2 aromatic rings. The van der Waals surface area contributed by atoms with Gasteiger partial charge in [0.25, 0.3) is 0 Å². The molecule has 0 fully saturated rings. The summed E-state index contributed by atoms with van der Waals surface area (Å²) in [5, 5.41) is 0. The summed E-state index contributed by atoms with van der Waals surface area (Å²) in [7, 11) is 0. The Balaban J connectivity index is 1.91. The number of primary amides is 1. The second kappa shape index (κ2) is 6.40. The smallest absolute Gasteiger partial charge is 0.248 e. The van der Waals surface area contributed by atoms with Gasteiger partial charge in [0.15, 0.2) is 0 Å². The summed E-state index contributed by atoms with van der Waals surface area (Å²) in [6.07, 6.45) is 3.91. The Bertz CT molecular complexity index is 576. The van der Waals surface area contributed by atoms with Crippen LogP contribution in [0.15, 0.2) is 60.7 Å². The van der Waals surface area contributed by atoms with Gasteiger partial charge in [-0.2, -0.15) is 0 Å². The molecule has 0 spiro atoms. The SMILES string of the molecule is NC(=O)c1cccc(OCC=Cc2ccccc2)c1. The van der Waals surface area contributed by atoms with Gasteiger partial charge in [-0.1, -0.05) is 42.5 Å². The van der Waals surface area contributed by atoms with E-state index in [1.165, 1.54) is 0 Å². The maximum atomic E-state index is 11.0. The molecule has 0 saturated carbocycles. The standard InChI is InChI=1S/C16H15NO2/c17-16(18)14-9-4-10-15(12-14)19-11-5-8-13-6-2-1-3-7-13/h1-10,12H,11H2,(H2,17,18). The largest absolute Gasteiger partial charge is 0.490 e. The predicted molar refractivity (Wildman–Crippen MR) is 75.9 cm³/mol. The lowest BCUT2D eigenvalue weighted by Crippen LogP contribution is -2.10. The number of carbonyl (C=O) groups excluding carboxylic acids is 1. The van der Waals surface area contributed by atoms with Crippen molar-refractivity contribution in [3.8, 4) is 5.75 Å². The van der Waals surface area contributed by atoms with Crippen molar-refractivity contribution in [2.75, 3.05) is 6.61 Å². The van der Waals surface area contributed by atoms with Crippen molar-refractivity contribution in [3.05, 3.63) is 71.8 Å². The first-order valence-electron chi connectivity index (χ1n) is 6.00. The van der Waals surface area contributed by atoms with Crippen LogP contribution in [0.2, 0.25) is 0 Å². The van der Waals surface area contributed by atoms with Crippen molar-refractivity contribution in [1.29, 1.82) is 0 Å². The molecule has 0 radical (unpaired) electrons. The van der Waals surface area contributed by atoms with Gasteiger partial charge in [0.1, 0.15) is 12.4 Å². The van der Waals surface area contributed by atoms with E-state index in [2.05, 4.69) is 0 Å². The Morgan fingerprint density at radius 1 is 1.11 bits per heavy atom.